The van der Waals surface area contributed by atoms with Crippen molar-refractivity contribution in [3.8, 4) is 5.75 Å². The number of halogens is 1. The lowest BCUT2D eigenvalue weighted by atomic mass is 9.77. The molecule has 9 heteroatoms. The fourth-order valence-corrected chi connectivity index (χ4v) is 5.01. The van der Waals surface area contributed by atoms with Gasteiger partial charge in [0.15, 0.2) is 5.69 Å². The van der Waals surface area contributed by atoms with Gasteiger partial charge in [-0.05, 0) is 51.0 Å². The molecule has 4 rings (SSSR count). The SMILES string of the molecule is CCn1nc(C(=O)N2CCCC(COc3cccc(Cl)c3)(CC(=O)N3CCOCC3)C2)cc1C. The van der Waals surface area contributed by atoms with E-state index in [0.29, 0.717) is 75.4 Å². The predicted molar refractivity (Wildman–Crippen MR) is 129 cm³/mol. The van der Waals surface area contributed by atoms with Gasteiger partial charge in [0.05, 0.1) is 19.8 Å². The third-order valence-electron chi connectivity index (χ3n) is 6.68. The van der Waals surface area contributed by atoms with E-state index >= 15 is 0 Å². The highest BCUT2D eigenvalue weighted by atomic mass is 35.5. The van der Waals surface area contributed by atoms with Crippen LogP contribution in [0.2, 0.25) is 5.02 Å². The minimum Gasteiger partial charge on any atom is -0.493 e. The van der Waals surface area contributed by atoms with Crippen molar-refractivity contribution in [2.45, 2.75) is 39.7 Å². The second kappa shape index (κ2) is 10.8. The van der Waals surface area contributed by atoms with E-state index in [1.54, 1.807) is 12.1 Å². The van der Waals surface area contributed by atoms with Gasteiger partial charge in [-0.1, -0.05) is 17.7 Å². The molecule has 2 aliphatic rings. The highest BCUT2D eigenvalue weighted by molar-refractivity contribution is 6.30. The maximum Gasteiger partial charge on any atom is 0.274 e. The third kappa shape index (κ3) is 5.73. The Balaban J connectivity index is 1.53. The molecule has 184 valence electrons. The molecule has 1 aromatic carbocycles. The molecule has 34 heavy (non-hydrogen) atoms. The molecular weight excluding hydrogens is 456 g/mol. The summed E-state index contributed by atoms with van der Waals surface area (Å²) < 4.78 is 13.4. The summed E-state index contributed by atoms with van der Waals surface area (Å²) in [5.74, 6) is 0.644. The molecule has 1 unspecified atom stereocenters. The number of ether oxygens (including phenoxy) is 2. The Labute approximate surface area is 205 Å². The molecule has 0 spiro atoms. The summed E-state index contributed by atoms with van der Waals surface area (Å²) in [5.41, 5.74) is 0.917. The van der Waals surface area contributed by atoms with E-state index in [4.69, 9.17) is 21.1 Å². The van der Waals surface area contributed by atoms with E-state index in [-0.39, 0.29) is 11.8 Å². The highest BCUT2D eigenvalue weighted by Gasteiger charge is 2.41. The van der Waals surface area contributed by atoms with Crippen LogP contribution in [0, 0.1) is 12.3 Å². The van der Waals surface area contributed by atoms with Crippen molar-refractivity contribution in [2.75, 3.05) is 46.0 Å². The van der Waals surface area contributed by atoms with Crippen LogP contribution in [-0.2, 0) is 16.1 Å². The fourth-order valence-electron chi connectivity index (χ4n) is 4.83. The van der Waals surface area contributed by atoms with Crippen LogP contribution in [0.15, 0.2) is 30.3 Å². The van der Waals surface area contributed by atoms with Gasteiger partial charge in [0.25, 0.3) is 5.91 Å². The first-order chi connectivity index (χ1) is 16.4. The van der Waals surface area contributed by atoms with Crippen molar-refractivity contribution >= 4 is 23.4 Å². The number of aryl methyl sites for hydroxylation is 2. The Kier molecular flexibility index (Phi) is 7.78. The number of nitrogens with zero attached hydrogens (tertiary/aromatic N) is 4. The van der Waals surface area contributed by atoms with Gasteiger partial charge in [-0.2, -0.15) is 5.10 Å². The Bertz CT molecular complexity index is 1020. The van der Waals surface area contributed by atoms with E-state index in [9.17, 15) is 9.59 Å². The first-order valence-corrected chi connectivity index (χ1v) is 12.3. The van der Waals surface area contributed by atoms with Crippen LogP contribution < -0.4 is 4.74 Å². The van der Waals surface area contributed by atoms with Crippen molar-refractivity contribution in [3.63, 3.8) is 0 Å². The predicted octanol–water partition coefficient (Wildman–Crippen LogP) is 3.42. The number of hydrogen-bond donors (Lipinski definition) is 0. The van der Waals surface area contributed by atoms with Crippen LogP contribution in [0.1, 0.15) is 42.4 Å². The van der Waals surface area contributed by atoms with Gasteiger partial charge in [-0.15, -0.1) is 0 Å². The summed E-state index contributed by atoms with van der Waals surface area (Å²) in [6.07, 6.45) is 1.92. The highest BCUT2D eigenvalue weighted by Crippen LogP contribution is 2.36. The monoisotopic (exact) mass is 488 g/mol. The van der Waals surface area contributed by atoms with Gasteiger partial charge in [-0.25, -0.2) is 0 Å². The Morgan fingerprint density at radius 1 is 1.18 bits per heavy atom. The summed E-state index contributed by atoms with van der Waals surface area (Å²) in [6, 6.07) is 9.10. The normalized spacial score (nSPS) is 20.9. The first kappa shape index (κ1) is 24.5. The van der Waals surface area contributed by atoms with Gasteiger partial charge >= 0.3 is 0 Å². The standard InChI is InChI=1S/C25H33ClN4O4/c1-3-30-19(2)14-22(27-30)24(32)29-9-5-8-25(17-29,16-23(31)28-10-12-33-13-11-28)18-34-21-7-4-6-20(26)15-21/h4,6-7,14-15H,3,5,8-13,16-18H2,1-2H3. The number of carbonyl (C=O) groups excluding carboxylic acids is 2. The molecule has 8 nitrogen and oxygen atoms in total. The average molecular weight is 489 g/mol. The van der Waals surface area contributed by atoms with Crippen LogP contribution in [0.3, 0.4) is 0 Å². The molecule has 1 atom stereocenters. The second-order valence-corrected chi connectivity index (χ2v) is 9.67. The molecule has 0 N–H and O–H groups in total. The number of likely N-dealkylation sites (tertiary alicyclic amines) is 1. The lowest BCUT2D eigenvalue weighted by Crippen LogP contribution is -2.52. The number of rotatable bonds is 7. The van der Waals surface area contributed by atoms with Crippen LogP contribution in [0.5, 0.6) is 5.75 Å². The number of amides is 2. The van der Waals surface area contributed by atoms with E-state index in [0.717, 1.165) is 18.5 Å². The number of aromatic nitrogens is 2. The Hall–Kier alpha value is -2.58. The molecular formula is C25H33ClN4O4. The van der Waals surface area contributed by atoms with Gasteiger partial charge in [-0.3, -0.25) is 14.3 Å². The summed E-state index contributed by atoms with van der Waals surface area (Å²) in [4.78, 5) is 30.3. The second-order valence-electron chi connectivity index (χ2n) is 9.23. The summed E-state index contributed by atoms with van der Waals surface area (Å²) >= 11 is 6.13. The lowest BCUT2D eigenvalue weighted by Gasteiger charge is -2.43. The molecule has 2 saturated heterocycles. The molecule has 0 aliphatic carbocycles. The topological polar surface area (TPSA) is 76.9 Å². The molecule has 2 amide bonds. The fraction of sp³-hybridized carbons (Fsp3) is 0.560. The number of benzene rings is 1. The minimum absolute atomic E-state index is 0.0819. The lowest BCUT2D eigenvalue weighted by molar-refractivity contribution is -0.139. The zero-order valence-electron chi connectivity index (χ0n) is 20.0. The first-order valence-electron chi connectivity index (χ1n) is 12.0. The third-order valence-corrected chi connectivity index (χ3v) is 6.91. The number of morpholine rings is 1. The maximum absolute atomic E-state index is 13.4. The Morgan fingerprint density at radius 3 is 2.68 bits per heavy atom. The molecule has 0 bridgehead atoms. The van der Waals surface area contributed by atoms with Crippen LogP contribution in [-0.4, -0.2) is 77.4 Å². The average Bonchev–Trinajstić information content (AvgIpc) is 3.23. The van der Waals surface area contributed by atoms with Gasteiger partial charge < -0.3 is 19.3 Å². The van der Waals surface area contributed by atoms with Crippen molar-refractivity contribution < 1.29 is 19.1 Å². The quantitative estimate of drug-likeness (QED) is 0.597. The zero-order chi connectivity index (χ0) is 24.1. The molecule has 0 radical (unpaired) electrons. The molecule has 2 aromatic rings. The molecule has 2 aliphatic heterocycles. The smallest absolute Gasteiger partial charge is 0.274 e. The molecule has 3 heterocycles. The molecule has 1 aromatic heterocycles. The molecule has 0 saturated carbocycles. The van der Waals surface area contributed by atoms with Crippen LogP contribution >= 0.6 is 11.6 Å². The summed E-state index contributed by atoms with van der Waals surface area (Å²) in [7, 11) is 0. The summed E-state index contributed by atoms with van der Waals surface area (Å²) in [5, 5.41) is 5.07. The van der Waals surface area contributed by atoms with Crippen molar-refractivity contribution in [1.29, 1.82) is 0 Å². The Morgan fingerprint density at radius 2 is 1.97 bits per heavy atom. The van der Waals surface area contributed by atoms with Crippen LogP contribution in [0.4, 0.5) is 0 Å². The van der Waals surface area contributed by atoms with E-state index in [2.05, 4.69) is 5.10 Å². The van der Waals surface area contributed by atoms with Gasteiger partial charge in [0.2, 0.25) is 5.91 Å². The van der Waals surface area contributed by atoms with Crippen LogP contribution in [0.25, 0.3) is 0 Å². The van der Waals surface area contributed by atoms with E-state index < -0.39 is 5.41 Å². The van der Waals surface area contributed by atoms with E-state index in [1.807, 2.05) is 46.5 Å². The van der Waals surface area contributed by atoms with Crippen molar-refractivity contribution in [3.05, 3.63) is 46.7 Å². The molecule has 2 fully saturated rings. The van der Waals surface area contributed by atoms with Crippen molar-refractivity contribution in [1.82, 2.24) is 19.6 Å². The van der Waals surface area contributed by atoms with Crippen molar-refractivity contribution in [2.24, 2.45) is 5.41 Å². The zero-order valence-corrected chi connectivity index (χ0v) is 20.7. The van der Waals surface area contributed by atoms with Gasteiger partial charge in [0.1, 0.15) is 5.75 Å². The maximum atomic E-state index is 13.4. The summed E-state index contributed by atoms with van der Waals surface area (Å²) in [6.45, 7) is 8.39. The minimum atomic E-state index is -0.492. The number of piperidine rings is 1. The van der Waals surface area contributed by atoms with E-state index in [1.165, 1.54) is 0 Å². The van der Waals surface area contributed by atoms with Gasteiger partial charge in [0, 0.05) is 55.3 Å². The largest absolute Gasteiger partial charge is 0.493 e. The number of carbonyl (C=O) groups is 2. The number of hydrogen-bond acceptors (Lipinski definition) is 5.